The number of carbonyl (C=O) groups is 2. The molecule has 2 amide bonds. The zero-order valence-corrected chi connectivity index (χ0v) is 14.5. The van der Waals surface area contributed by atoms with E-state index in [1.165, 1.54) is 20.6 Å². The maximum atomic E-state index is 12.4. The number of nitrogens with one attached hydrogen (secondary N) is 1. The van der Waals surface area contributed by atoms with Crippen LogP contribution < -0.4 is 11.1 Å². The zero-order chi connectivity index (χ0) is 17.1. The second kappa shape index (κ2) is 6.91. The minimum Gasteiger partial charge on any atom is -0.368 e. The van der Waals surface area contributed by atoms with Crippen molar-refractivity contribution in [3.63, 3.8) is 0 Å². The van der Waals surface area contributed by atoms with E-state index in [1.807, 2.05) is 0 Å². The van der Waals surface area contributed by atoms with Crippen molar-refractivity contribution in [2.45, 2.75) is 40.3 Å². The molecule has 0 aliphatic heterocycles. The van der Waals surface area contributed by atoms with Crippen molar-refractivity contribution < 1.29 is 9.59 Å². The summed E-state index contributed by atoms with van der Waals surface area (Å²) in [5.41, 5.74) is 6.39. The van der Waals surface area contributed by atoms with E-state index in [2.05, 4.69) is 49.4 Å². The van der Waals surface area contributed by atoms with Crippen molar-refractivity contribution in [1.82, 2.24) is 20.3 Å². The smallest absolute Gasteiger partial charge is 0.273 e. The van der Waals surface area contributed by atoms with Gasteiger partial charge in [0.15, 0.2) is 5.69 Å². The molecule has 124 valence electrons. The van der Waals surface area contributed by atoms with Crippen LogP contribution >= 0.6 is 11.3 Å². The van der Waals surface area contributed by atoms with Gasteiger partial charge in [-0.05, 0) is 31.4 Å². The van der Waals surface area contributed by atoms with Gasteiger partial charge in [0, 0.05) is 9.75 Å². The Morgan fingerprint density at radius 1 is 1.39 bits per heavy atom. The number of primary amides is 1. The molecule has 0 aromatic carbocycles. The molecule has 0 aliphatic rings. The van der Waals surface area contributed by atoms with Crippen molar-refractivity contribution in [3.8, 4) is 0 Å². The molecular formula is C15H21N5O2S. The van der Waals surface area contributed by atoms with Crippen molar-refractivity contribution in [2.75, 3.05) is 0 Å². The van der Waals surface area contributed by atoms with Crippen molar-refractivity contribution >= 4 is 23.2 Å². The van der Waals surface area contributed by atoms with E-state index >= 15 is 0 Å². The summed E-state index contributed by atoms with van der Waals surface area (Å²) in [6.07, 6.45) is 1.42. The third kappa shape index (κ3) is 4.16. The number of nitrogens with two attached hydrogens (primary N) is 1. The third-order valence-electron chi connectivity index (χ3n) is 3.46. The highest BCUT2D eigenvalue weighted by molar-refractivity contribution is 7.12. The first-order valence-corrected chi connectivity index (χ1v) is 8.15. The number of hydrogen-bond acceptors (Lipinski definition) is 5. The maximum Gasteiger partial charge on any atom is 0.273 e. The Bertz CT molecular complexity index is 719. The number of carbonyl (C=O) groups excluding carboxylic acids is 2. The van der Waals surface area contributed by atoms with Gasteiger partial charge in [-0.2, -0.15) is 0 Å². The molecule has 2 heterocycles. The van der Waals surface area contributed by atoms with Crippen LogP contribution in [0.3, 0.4) is 0 Å². The molecule has 23 heavy (non-hydrogen) atoms. The molecule has 3 N–H and O–H groups in total. The second-order valence-corrected chi connectivity index (χ2v) is 7.29. The highest BCUT2D eigenvalue weighted by Gasteiger charge is 2.23. The summed E-state index contributed by atoms with van der Waals surface area (Å²) >= 11 is 1.71. The van der Waals surface area contributed by atoms with Crippen LogP contribution in [-0.2, 0) is 11.3 Å². The van der Waals surface area contributed by atoms with E-state index in [4.69, 9.17) is 5.73 Å². The van der Waals surface area contributed by atoms with Gasteiger partial charge in [0.05, 0.1) is 12.2 Å². The number of hydrogen-bond donors (Lipinski definition) is 2. The fraction of sp³-hybridized carbons (Fsp3) is 0.467. The van der Waals surface area contributed by atoms with Crippen LogP contribution in [0.5, 0.6) is 0 Å². The van der Waals surface area contributed by atoms with E-state index in [-0.39, 0.29) is 30.1 Å². The lowest BCUT2D eigenvalue weighted by molar-refractivity contribution is -0.118. The van der Waals surface area contributed by atoms with Gasteiger partial charge in [0.2, 0.25) is 5.91 Å². The predicted molar refractivity (Wildman–Crippen MR) is 88.1 cm³/mol. The summed E-state index contributed by atoms with van der Waals surface area (Å²) in [6, 6.07) is 2.00. The first-order chi connectivity index (χ1) is 10.8. The summed E-state index contributed by atoms with van der Waals surface area (Å²) in [5, 5.41) is 10.5. The van der Waals surface area contributed by atoms with Crippen LogP contribution in [0.15, 0.2) is 12.3 Å². The highest BCUT2D eigenvalue weighted by atomic mass is 32.1. The number of aryl methyl sites for hydroxylation is 2. The topological polar surface area (TPSA) is 103 Å². The van der Waals surface area contributed by atoms with Gasteiger partial charge in [-0.25, -0.2) is 4.68 Å². The molecule has 7 nitrogen and oxygen atoms in total. The van der Waals surface area contributed by atoms with E-state index in [0.717, 1.165) is 5.56 Å². The quantitative estimate of drug-likeness (QED) is 0.836. The molecule has 0 aliphatic carbocycles. The first-order valence-electron chi connectivity index (χ1n) is 7.34. The van der Waals surface area contributed by atoms with Crippen LogP contribution in [0.2, 0.25) is 0 Å². The molecule has 0 saturated heterocycles. The Morgan fingerprint density at radius 3 is 2.61 bits per heavy atom. The molecular weight excluding hydrogens is 314 g/mol. The van der Waals surface area contributed by atoms with Crippen LogP contribution in [0.25, 0.3) is 0 Å². The monoisotopic (exact) mass is 335 g/mol. The molecule has 0 saturated carbocycles. The lowest BCUT2D eigenvalue weighted by atomic mass is 9.96. The van der Waals surface area contributed by atoms with Gasteiger partial charge in [-0.3, -0.25) is 9.59 Å². The average molecular weight is 335 g/mol. The molecule has 0 fully saturated rings. The Morgan fingerprint density at radius 2 is 2.09 bits per heavy atom. The molecule has 0 spiro atoms. The van der Waals surface area contributed by atoms with Gasteiger partial charge in [0.1, 0.15) is 6.54 Å². The summed E-state index contributed by atoms with van der Waals surface area (Å²) in [5.74, 6) is -0.624. The average Bonchev–Trinajstić information content (AvgIpc) is 3.01. The van der Waals surface area contributed by atoms with Crippen LogP contribution in [0, 0.1) is 19.8 Å². The van der Waals surface area contributed by atoms with E-state index < -0.39 is 5.91 Å². The van der Waals surface area contributed by atoms with Crippen molar-refractivity contribution in [1.29, 1.82) is 0 Å². The Balaban J connectivity index is 2.17. The van der Waals surface area contributed by atoms with Gasteiger partial charge in [-0.15, -0.1) is 16.4 Å². The van der Waals surface area contributed by atoms with Gasteiger partial charge in [0.25, 0.3) is 5.91 Å². The second-order valence-electron chi connectivity index (χ2n) is 5.83. The highest BCUT2D eigenvalue weighted by Crippen LogP contribution is 2.30. The summed E-state index contributed by atoms with van der Waals surface area (Å²) in [6.45, 7) is 8.12. The predicted octanol–water partition coefficient (Wildman–Crippen LogP) is 1.57. The number of rotatable bonds is 6. The van der Waals surface area contributed by atoms with E-state index in [9.17, 15) is 9.59 Å². The molecule has 8 heteroatoms. The lowest BCUT2D eigenvalue weighted by Crippen LogP contribution is -2.32. The molecule has 2 rings (SSSR count). The molecule has 0 radical (unpaired) electrons. The number of amides is 2. The summed E-state index contributed by atoms with van der Waals surface area (Å²) < 4.78 is 1.25. The van der Waals surface area contributed by atoms with Crippen LogP contribution in [-0.4, -0.2) is 26.8 Å². The molecule has 2 aromatic heterocycles. The van der Waals surface area contributed by atoms with Crippen molar-refractivity contribution in [2.24, 2.45) is 11.7 Å². The van der Waals surface area contributed by atoms with Crippen molar-refractivity contribution in [3.05, 3.63) is 33.3 Å². The molecule has 0 bridgehead atoms. The molecule has 0 unspecified atom stereocenters. The number of thiophene rings is 1. The summed E-state index contributed by atoms with van der Waals surface area (Å²) in [7, 11) is 0. The van der Waals surface area contributed by atoms with Crippen LogP contribution in [0.4, 0.5) is 0 Å². The normalized spacial score (nSPS) is 12.4. The fourth-order valence-electron chi connectivity index (χ4n) is 2.42. The Hall–Kier alpha value is -2.22. The molecule has 2 aromatic rings. The zero-order valence-electron chi connectivity index (χ0n) is 13.7. The summed E-state index contributed by atoms with van der Waals surface area (Å²) in [4.78, 5) is 25.7. The minimum atomic E-state index is -0.536. The SMILES string of the molecule is Cc1cc([C@H](NC(=O)c2cn(CC(N)=O)nn2)C(C)C)c(C)s1. The Labute approximate surface area is 138 Å². The van der Waals surface area contributed by atoms with Gasteiger partial charge < -0.3 is 11.1 Å². The largest absolute Gasteiger partial charge is 0.368 e. The number of nitrogens with zero attached hydrogens (tertiary/aromatic N) is 3. The van der Waals surface area contributed by atoms with E-state index in [0.29, 0.717) is 0 Å². The van der Waals surface area contributed by atoms with E-state index in [1.54, 1.807) is 11.3 Å². The molecule has 1 atom stereocenters. The minimum absolute atomic E-state index is 0.100. The standard InChI is InChI=1S/C15H21N5O2S/c1-8(2)14(11-5-9(3)23-10(11)4)17-15(22)12-6-20(19-18-12)7-13(16)21/h5-6,8,14H,7H2,1-4H3,(H2,16,21)(H,17,22)/t14-/m1/s1. The van der Waals surface area contributed by atoms with Crippen LogP contribution in [0.1, 0.15) is 45.7 Å². The number of aromatic nitrogens is 3. The van der Waals surface area contributed by atoms with Gasteiger partial charge >= 0.3 is 0 Å². The lowest BCUT2D eigenvalue weighted by Gasteiger charge is -2.22. The fourth-order valence-corrected chi connectivity index (χ4v) is 3.39. The third-order valence-corrected chi connectivity index (χ3v) is 4.44. The maximum absolute atomic E-state index is 12.4. The Kier molecular flexibility index (Phi) is 5.15. The first kappa shape index (κ1) is 17.1. The van der Waals surface area contributed by atoms with Gasteiger partial charge in [-0.1, -0.05) is 19.1 Å².